The molecule has 0 saturated heterocycles. The predicted octanol–water partition coefficient (Wildman–Crippen LogP) is 4.66. The molecule has 4 nitrogen and oxygen atoms in total. The summed E-state index contributed by atoms with van der Waals surface area (Å²) in [5, 5.41) is 0. The van der Waals surface area contributed by atoms with Gasteiger partial charge in [0.25, 0.3) is 0 Å². The van der Waals surface area contributed by atoms with Crippen molar-refractivity contribution >= 4 is 0 Å². The molecule has 0 aliphatic carbocycles. The highest BCUT2D eigenvalue weighted by atomic mass is 16.5. The number of hydrogen-bond acceptors (Lipinski definition) is 4. The van der Waals surface area contributed by atoms with E-state index in [1.54, 1.807) is 20.3 Å². The van der Waals surface area contributed by atoms with Crippen molar-refractivity contribution in [3.63, 3.8) is 0 Å². The highest BCUT2D eigenvalue weighted by Crippen LogP contribution is 2.28. The van der Waals surface area contributed by atoms with Gasteiger partial charge >= 0.3 is 0 Å². The van der Waals surface area contributed by atoms with E-state index in [0.717, 1.165) is 22.6 Å². The highest BCUT2D eigenvalue weighted by Gasteiger charge is 2.06. The van der Waals surface area contributed by atoms with Crippen molar-refractivity contribution in [1.82, 2.24) is 0 Å². The van der Waals surface area contributed by atoms with Crippen LogP contribution < -0.4 is 18.9 Å². The van der Waals surface area contributed by atoms with Crippen molar-refractivity contribution < 1.29 is 18.9 Å². The van der Waals surface area contributed by atoms with Crippen molar-refractivity contribution in [2.75, 3.05) is 14.2 Å². The SMILES string of the molecule is COc1ccc(COc2c[c]ccc2OCc2ccc(OC)cc2)cc1. The predicted molar refractivity (Wildman–Crippen MR) is 99.9 cm³/mol. The first kappa shape index (κ1) is 17.7. The fourth-order valence-corrected chi connectivity index (χ4v) is 2.40. The molecule has 0 N–H and O–H groups in total. The molecule has 0 spiro atoms. The van der Waals surface area contributed by atoms with Gasteiger partial charge in [0.05, 0.1) is 14.2 Å². The van der Waals surface area contributed by atoms with E-state index in [1.807, 2.05) is 60.7 Å². The molecule has 0 saturated carbocycles. The monoisotopic (exact) mass is 349 g/mol. The normalized spacial score (nSPS) is 10.2. The van der Waals surface area contributed by atoms with Crippen LogP contribution in [-0.4, -0.2) is 14.2 Å². The molecule has 26 heavy (non-hydrogen) atoms. The van der Waals surface area contributed by atoms with Crippen LogP contribution >= 0.6 is 0 Å². The van der Waals surface area contributed by atoms with E-state index in [9.17, 15) is 0 Å². The van der Waals surface area contributed by atoms with Gasteiger partial charge in [0.2, 0.25) is 0 Å². The summed E-state index contributed by atoms with van der Waals surface area (Å²) in [4.78, 5) is 0. The van der Waals surface area contributed by atoms with E-state index >= 15 is 0 Å². The standard InChI is InChI=1S/C22H21O4/c1-23-19-11-7-17(8-12-19)15-25-21-5-3-4-6-22(21)26-16-18-9-13-20(24-2)14-10-18/h3,5-14H,15-16H2,1-2H3. The van der Waals surface area contributed by atoms with Gasteiger partial charge in [0.15, 0.2) is 11.5 Å². The molecule has 0 fully saturated rings. The Bertz CT molecular complexity index is 740. The first-order chi connectivity index (χ1) is 12.8. The van der Waals surface area contributed by atoms with Crippen molar-refractivity contribution in [2.45, 2.75) is 13.2 Å². The van der Waals surface area contributed by atoms with E-state index in [1.165, 1.54) is 0 Å². The third-order valence-corrected chi connectivity index (χ3v) is 3.89. The lowest BCUT2D eigenvalue weighted by molar-refractivity contribution is 0.256. The van der Waals surface area contributed by atoms with Crippen molar-refractivity contribution in [3.05, 3.63) is 83.9 Å². The molecule has 0 bridgehead atoms. The number of ether oxygens (including phenoxy) is 4. The summed E-state index contributed by atoms with van der Waals surface area (Å²) >= 11 is 0. The fraction of sp³-hybridized carbons (Fsp3) is 0.182. The zero-order chi connectivity index (χ0) is 18.2. The minimum atomic E-state index is 0.445. The quantitative estimate of drug-likeness (QED) is 0.593. The van der Waals surface area contributed by atoms with Crippen molar-refractivity contribution in [1.29, 1.82) is 0 Å². The van der Waals surface area contributed by atoms with Gasteiger partial charge in [-0.15, -0.1) is 0 Å². The molecule has 0 amide bonds. The number of hydrogen-bond donors (Lipinski definition) is 0. The van der Waals surface area contributed by atoms with Gasteiger partial charge in [0.1, 0.15) is 24.7 Å². The Labute approximate surface area is 153 Å². The molecular formula is C22H21O4. The third kappa shape index (κ3) is 4.70. The fourth-order valence-electron chi connectivity index (χ4n) is 2.40. The van der Waals surface area contributed by atoms with Crippen molar-refractivity contribution in [3.8, 4) is 23.0 Å². The van der Waals surface area contributed by atoms with E-state index in [2.05, 4.69) is 6.07 Å². The summed E-state index contributed by atoms with van der Waals surface area (Å²) < 4.78 is 22.2. The lowest BCUT2D eigenvalue weighted by Crippen LogP contribution is -2.00. The van der Waals surface area contributed by atoms with Gasteiger partial charge in [-0.2, -0.15) is 0 Å². The molecular weight excluding hydrogens is 328 g/mol. The van der Waals surface area contributed by atoms with Gasteiger partial charge in [-0.25, -0.2) is 0 Å². The summed E-state index contributed by atoms with van der Waals surface area (Å²) in [6.07, 6.45) is 0. The first-order valence-electron chi connectivity index (χ1n) is 8.30. The maximum absolute atomic E-state index is 5.92. The maximum atomic E-state index is 5.92. The molecule has 0 heterocycles. The Hall–Kier alpha value is -3.14. The van der Waals surface area contributed by atoms with Gasteiger partial charge in [0, 0.05) is 0 Å². The average Bonchev–Trinajstić information content (AvgIpc) is 2.72. The molecule has 0 unspecified atom stereocenters. The smallest absolute Gasteiger partial charge is 0.162 e. The van der Waals surface area contributed by atoms with Crippen LogP contribution in [0.4, 0.5) is 0 Å². The van der Waals surface area contributed by atoms with Gasteiger partial charge < -0.3 is 18.9 Å². The topological polar surface area (TPSA) is 36.9 Å². The van der Waals surface area contributed by atoms with Crippen LogP contribution in [0.3, 0.4) is 0 Å². The third-order valence-electron chi connectivity index (χ3n) is 3.89. The molecule has 4 heteroatoms. The second kappa shape index (κ2) is 8.81. The maximum Gasteiger partial charge on any atom is 0.162 e. The van der Waals surface area contributed by atoms with E-state index in [-0.39, 0.29) is 0 Å². The summed E-state index contributed by atoms with van der Waals surface area (Å²) in [6, 6.07) is 24.0. The highest BCUT2D eigenvalue weighted by molar-refractivity contribution is 5.39. The van der Waals surface area contributed by atoms with E-state index in [4.69, 9.17) is 18.9 Å². The molecule has 0 aliphatic rings. The van der Waals surface area contributed by atoms with Crippen LogP contribution in [0.2, 0.25) is 0 Å². The number of benzene rings is 3. The Morgan fingerprint density at radius 3 is 1.65 bits per heavy atom. The Morgan fingerprint density at radius 2 is 1.15 bits per heavy atom. The van der Waals surface area contributed by atoms with Crippen LogP contribution in [-0.2, 0) is 13.2 Å². The van der Waals surface area contributed by atoms with Gasteiger partial charge in [-0.3, -0.25) is 0 Å². The lowest BCUT2D eigenvalue weighted by Gasteiger charge is -2.13. The van der Waals surface area contributed by atoms with Crippen LogP contribution in [0, 0.1) is 6.07 Å². The molecule has 0 aliphatic heterocycles. The molecule has 3 rings (SSSR count). The summed E-state index contributed by atoms with van der Waals surface area (Å²) in [5.41, 5.74) is 2.11. The zero-order valence-electron chi connectivity index (χ0n) is 14.9. The Kier molecular flexibility index (Phi) is 5.99. The van der Waals surface area contributed by atoms with Gasteiger partial charge in [-0.1, -0.05) is 30.3 Å². The second-order valence-corrected chi connectivity index (χ2v) is 5.65. The van der Waals surface area contributed by atoms with Crippen LogP contribution in [0.5, 0.6) is 23.0 Å². The summed E-state index contributed by atoms with van der Waals surface area (Å²) in [6.45, 7) is 0.896. The van der Waals surface area contributed by atoms with Crippen LogP contribution in [0.25, 0.3) is 0 Å². The summed E-state index contributed by atoms with van der Waals surface area (Å²) in [5.74, 6) is 3.00. The molecule has 3 aromatic rings. The first-order valence-corrected chi connectivity index (χ1v) is 8.30. The number of methoxy groups -OCH3 is 2. The Morgan fingerprint density at radius 1 is 0.654 bits per heavy atom. The van der Waals surface area contributed by atoms with E-state index in [0.29, 0.717) is 24.7 Å². The molecule has 0 aromatic heterocycles. The summed E-state index contributed by atoms with van der Waals surface area (Å²) in [7, 11) is 3.30. The second-order valence-electron chi connectivity index (χ2n) is 5.65. The largest absolute Gasteiger partial charge is 0.497 e. The molecule has 0 atom stereocenters. The average molecular weight is 349 g/mol. The van der Waals surface area contributed by atoms with Gasteiger partial charge in [-0.05, 0) is 53.6 Å². The minimum Gasteiger partial charge on any atom is -0.497 e. The molecule has 133 valence electrons. The lowest BCUT2D eigenvalue weighted by atomic mass is 10.2. The number of rotatable bonds is 8. The zero-order valence-corrected chi connectivity index (χ0v) is 14.9. The minimum absolute atomic E-state index is 0.445. The van der Waals surface area contributed by atoms with Crippen molar-refractivity contribution in [2.24, 2.45) is 0 Å². The van der Waals surface area contributed by atoms with E-state index < -0.39 is 0 Å². The van der Waals surface area contributed by atoms with Crippen LogP contribution in [0.1, 0.15) is 11.1 Å². The molecule has 3 aromatic carbocycles. The van der Waals surface area contributed by atoms with Crippen LogP contribution in [0.15, 0.2) is 66.7 Å². The molecule has 1 radical (unpaired) electrons. The Balaban J connectivity index is 1.61.